The molecule has 1 amide bonds. The third-order valence-electron chi connectivity index (χ3n) is 3.77. The van der Waals surface area contributed by atoms with E-state index in [0.29, 0.717) is 17.9 Å². The highest BCUT2D eigenvalue weighted by Crippen LogP contribution is 2.21. The number of imidazole rings is 1. The van der Waals surface area contributed by atoms with Gasteiger partial charge in [-0.1, -0.05) is 6.07 Å². The van der Waals surface area contributed by atoms with Crippen LogP contribution in [-0.4, -0.2) is 20.9 Å². The van der Waals surface area contributed by atoms with Crippen molar-refractivity contribution in [3.8, 4) is 11.5 Å². The zero-order valence-corrected chi connectivity index (χ0v) is 12.7. The van der Waals surface area contributed by atoms with Gasteiger partial charge in [0, 0.05) is 23.9 Å². The fraction of sp³-hybridized carbons (Fsp3) is 0.0556. The van der Waals surface area contributed by atoms with Gasteiger partial charge in [-0.2, -0.15) is 0 Å². The molecule has 118 valence electrons. The van der Waals surface area contributed by atoms with Crippen LogP contribution in [0.1, 0.15) is 15.9 Å². The number of nitrogens with zero attached hydrogens (tertiary/aromatic N) is 2. The topological polar surface area (TPSA) is 83.8 Å². The summed E-state index contributed by atoms with van der Waals surface area (Å²) in [6, 6.07) is 12.8. The van der Waals surface area contributed by atoms with Gasteiger partial charge in [0.2, 0.25) is 0 Å². The van der Waals surface area contributed by atoms with Crippen molar-refractivity contribution in [3.05, 3.63) is 72.4 Å². The number of H-pyrrole nitrogens is 1. The van der Waals surface area contributed by atoms with Crippen LogP contribution in [0.3, 0.4) is 0 Å². The van der Waals surface area contributed by atoms with E-state index < -0.39 is 0 Å². The van der Waals surface area contributed by atoms with Crippen LogP contribution in [0.25, 0.3) is 22.5 Å². The standard InChI is InChI=1S/C18H14N4O2/c23-18(12-5-6-14-15(9-12)22-11-21-14)20-10-13-3-1-7-19-17(13)16-4-2-8-24-16/h1-9,11H,10H2,(H,20,23)(H,21,22). The molecule has 4 rings (SSSR count). The van der Waals surface area contributed by atoms with E-state index in [-0.39, 0.29) is 5.91 Å². The van der Waals surface area contributed by atoms with Gasteiger partial charge in [-0.15, -0.1) is 0 Å². The molecule has 0 aliphatic heterocycles. The molecule has 0 fully saturated rings. The highest BCUT2D eigenvalue weighted by molar-refractivity contribution is 5.97. The maximum absolute atomic E-state index is 12.4. The third kappa shape index (κ3) is 2.65. The molecule has 0 aliphatic rings. The number of amides is 1. The molecule has 0 unspecified atom stereocenters. The molecule has 4 aromatic rings. The summed E-state index contributed by atoms with van der Waals surface area (Å²) >= 11 is 0. The summed E-state index contributed by atoms with van der Waals surface area (Å²) in [7, 11) is 0. The van der Waals surface area contributed by atoms with Crippen molar-refractivity contribution >= 4 is 16.9 Å². The first kappa shape index (κ1) is 14.2. The van der Waals surface area contributed by atoms with E-state index in [2.05, 4.69) is 20.3 Å². The highest BCUT2D eigenvalue weighted by Gasteiger charge is 2.11. The van der Waals surface area contributed by atoms with Crippen LogP contribution >= 0.6 is 0 Å². The second kappa shape index (κ2) is 6.00. The first-order chi connectivity index (χ1) is 11.8. The monoisotopic (exact) mass is 318 g/mol. The molecule has 0 spiro atoms. The number of aromatic nitrogens is 3. The summed E-state index contributed by atoms with van der Waals surface area (Å²) in [5.74, 6) is 0.527. The Kier molecular flexibility index (Phi) is 3.55. The van der Waals surface area contributed by atoms with Gasteiger partial charge in [-0.05, 0) is 36.4 Å². The first-order valence-corrected chi connectivity index (χ1v) is 7.50. The Morgan fingerprint density at radius 1 is 1.17 bits per heavy atom. The van der Waals surface area contributed by atoms with Gasteiger partial charge >= 0.3 is 0 Å². The van der Waals surface area contributed by atoms with Gasteiger partial charge < -0.3 is 14.7 Å². The summed E-state index contributed by atoms with van der Waals surface area (Å²) < 4.78 is 5.40. The molecule has 6 heteroatoms. The number of furan rings is 1. The summed E-state index contributed by atoms with van der Waals surface area (Å²) in [6.07, 6.45) is 4.92. The van der Waals surface area contributed by atoms with Crippen LogP contribution in [-0.2, 0) is 6.54 Å². The molecule has 0 atom stereocenters. The summed E-state index contributed by atoms with van der Waals surface area (Å²) in [4.78, 5) is 23.9. The van der Waals surface area contributed by atoms with Gasteiger partial charge in [-0.25, -0.2) is 4.98 Å². The number of hydrogen-bond acceptors (Lipinski definition) is 4. The lowest BCUT2D eigenvalue weighted by Crippen LogP contribution is -2.23. The molecule has 0 saturated carbocycles. The van der Waals surface area contributed by atoms with Gasteiger partial charge in [0.1, 0.15) is 5.69 Å². The van der Waals surface area contributed by atoms with Crippen molar-refractivity contribution in [1.82, 2.24) is 20.3 Å². The zero-order chi connectivity index (χ0) is 16.4. The molecule has 0 saturated heterocycles. The Labute approximate surface area is 137 Å². The summed E-state index contributed by atoms with van der Waals surface area (Å²) in [6.45, 7) is 0.365. The average Bonchev–Trinajstić information content (AvgIpc) is 3.30. The Morgan fingerprint density at radius 3 is 3.00 bits per heavy atom. The number of benzene rings is 1. The van der Waals surface area contributed by atoms with Gasteiger partial charge in [0.15, 0.2) is 5.76 Å². The van der Waals surface area contributed by atoms with E-state index >= 15 is 0 Å². The number of carbonyl (C=O) groups is 1. The second-order valence-electron chi connectivity index (χ2n) is 5.31. The van der Waals surface area contributed by atoms with E-state index in [1.807, 2.05) is 30.3 Å². The highest BCUT2D eigenvalue weighted by atomic mass is 16.3. The molecule has 2 N–H and O–H groups in total. The van der Waals surface area contributed by atoms with Gasteiger partial charge in [0.05, 0.1) is 23.6 Å². The quantitative estimate of drug-likeness (QED) is 0.605. The number of rotatable bonds is 4. The predicted molar refractivity (Wildman–Crippen MR) is 89.2 cm³/mol. The SMILES string of the molecule is O=C(NCc1cccnc1-c1ccco1)c1ccc2nc[nH]c2c1. The Balaban J connectivity index is 1.53. The number of fused-ring (bicyclic) bond motifs is 1. The maximum Gasteiger partial charge on any atom is 0.251 e. The van der Waals surface area contributed by atoms with E-state index in [4.69, 9.17) is 4.42 Å². The van der Waals surface area contributed by atoms with Gasteiger partial charge in [-0.3, -0.25) is 9.78 Å². The van der Waals surface area contributed by atoms with E-state index in [1.165, 1.54) is 0 Å². The fourth-order valence-corrected chi connectivity index (χ4v) is 2.57. The number of hydrogen-bond donors (Lipinski definition) is 2. The van der Waals surface area contributed by atoms with Crippen LogP contribution in [0.5, 0.6) is 0 Å². The number of pyridine rings is 1. The molecule has 1 aromatic carbocycles. The smallest absolute Gasteiger partial charge is 0.251 e. The van der Waals surface area contributed by atoms with Gasteiger partial charge in [0.25, 0.3) is 5.91 Å². The number of carbonyl (C=O) groups excluding carboxylic acids is 1. The minimum absolute atomic E-state index is 0.152. The van der Waals surface area contributed by atoms with Crippen molar-refractivity contribution in [2.45, 2.75) is 6.54 Å². The molecular formula is C18H14N4O2. The van der Waals surface area contributed by atoms with Crippen molar-refractivity contribution in [3.63, 3.8) is 0 Å². The van der Waals surface area contributed by atoms with E-state index in [1.54, 1.807) is 30.9 Å². The van der Waals surface area contributed by atoms with Crippen LogP contribution in [0.15, 0.2) is 65.7 Å². The third-order valence-corrected chi connectivity index (χ3v) is 3.77. The minimum Gasteiger partial charge on any atom is -0.463 e. The number of nitrogens with one attached hydrogen (secondary N) is 2. The van der Waals surface area contributed by atoms with E-state index in [0.717, 1.165) is 22.3 Å². The summed E-state index contributed by atoms with van der Waals surface area (Å²) in [5, 5.41) is 2.92. The summed E-state index contributed by atoms with van der Waals surface area (Å²) in [5.41, 5.74) is 3.87. The van der Waals surface area contributed by atoms with Crippen molar-refractivity contribution < 1.29 is 9.21 Å². The minimum atomic E-state index is -0.152. The van der Waals surface area contributed by atoms with Crippen molar-refractivity contribution in [1.29, 1.82) is 0 Å². The molecule has 0 radical (unpaired) electrons. The first-order valence-electron chi connectivity index (χ1n) is 7.50. The number of aromatic amines is 1. The van der Waals surface area contributed by atoms with Crippen molar-refractivity contribution in [2.24, 2.45) is 0 Å². The van der Waals surface area contributed by atoms with Crippen LogP contribution < -0.4 is 5.32 Å². The Bertz CT molecular complexity index is 989. The van der Waals surface area contributed by atoms with Crippen LogP contribution in [0.2, 0.25) is 0 Å². The fourth-order valence-electron chi connectivity index (χ4n) is 2.57. The lowest BCUT2D eigenvalue weighted by Gasteiger charge is -2.08. The predicted octanol–water partition coefficient (Wildman–Crippen LogP) is 3.15. The molecule has 0 aliphatic carbocycles. The Morgan fingerprint density at radius 2 is 2.12 bits per heavy atom. The molecular weight excluding hydrogens is 304 g/mol. The molecule has 3 heterocycles. The molecule has 6 nitrogen and oxygen atoms in total. The largest absolute Gasteiger partial charge is 0.463 e. The Hall–Kier alpha value is -3.41. The lowest BCUT2D eigenvalue weighted by atomic mass is 10.1. The molecule has 0 bridgehead atoms. The average molecular weight is 318 g/mol. The molecule has 24 heavy (non-hydrogen) atoms. The normalized spacial score (nSPS) is 10.8. The maximum atomic E-state index is 12.4. The lowest BCUT2D eigenvalue weighted by molar-refractivity contribution is 0.0951. The van der Waals surface area contributed by atoms with Crippen molar-refractivity contribution in [2.75, 3.05) is 0 Å². The van der Waals surface area contributed by atoms with Crippen LogP contribution in [0, 0.1) is 0 Å². The van der Waals surface area contributed by atoms with E-state index in [9.17, 15) is 4.79 Å². The van der Waals surface area contributed by atoms with Crippen LogP contribution in [0.4, 0.5) is 0 Å². The molecule has 3 aromatic heterocycles. The second-order valence-corrected chi connectivity index (χ2v) is 5.31. The zero-order valence-electron chi connectivity index (χ0n) is 12.7.